The Bertz CT molecular complexity index is 2140. The molecule has 3 fully saturated rings. The Kier molecular flexibility index (Phi) is 22.1. The Morgan fingerprint density at radius 2 is 1.60 bits per heavy atom. The first-order valence-corrected chi connectivity index (χ1v) is 26.5. The monoisotopic (exact) mass is 1030 g/mol. The smallest absolute Gasteiger partial charge is 0.416 e. The van der Waals surface area contributed by atoms with E-state index in [2.05, 4.69) is 5.32 Å². The summed E-state index contributed by atoms with van der Waals surface area (Å²) in [5.74, 6) is -7.11. The Hall–Kier alpha value is -4.19. The lowest BCUT2D eigenvalue weighted by atomic mass is 9.78. The molecule has 0 radical (unpaired) electrons. The Morgan fingerprint density at radius 3 is 2.30 bits per heavy atom. The fourth-order valence-corrected chi connectivity index (χ4v) is 11.2. The van der Waals surface area contributed by atoms with E-state index in [4.69, 9.17) is 18.9 Å². The van der Waals surface area contributed by atoms with E-state index in [1.807, 2.05) is 45.9 Å². The minimum Gasteiger partial charge on any atom is -0.461 e. The summed E-state index contributed by atoms with van der Waals surface area (Å²) >= 11 is 0. The molecule has 8 unspecified atom stereocenters. The van der Waals surface area contributed by atoms with Gasteiger partial charge < -0.3 is 44.5 Å². The van der Waals surface area contributed by atoms with Crippen molar-refractivity contribution in [3.05, 3.63) is 77.4 Å². The molecular formula is C57H83F3N2O11. The van der Waals surface area contributed by atoms with E-state index in [-0.39, 0.29) is 60.6 Å². The molecule has 1 aromatic rings. The zero-order valence-electron chi connectivity index (χ0n) is 44.4. The first kappa shape index (κ1) is 59.7. The number of piperidine rings is 1. The number of ketones is 2. The second-order valence-corrected chi connectivity index (χ2v) is 21.7. The van der Waals surface area contributed by atoms with Gasteiger partial charge in [0.1, 0.15) is 24.4 Å². The fraction of sp³-hybridized carbons (Fsp3) is 0.684. The number of carbonyl (C=O) groups excluding carboxylic acids is 4. The van der Waals surface area contributed by atoms with Gasteiger partial charge in [0.25, 0.3) is 11.7 Å². The molecule has 5 rings (SSSR count). The largest absolute Gasteiger partial charge is 0.461 e. The molecule has 0 spiro atoms. The van der Waals surface area contributed by atoms with Gasteiger partial charge in [0.2, 0.25) is 5.79 Å². The lowest BCUT2D eigenvalue weighted by Crippen LogP contribution is -2.61. The minimum atomic E-state index is -4.59. The summed E-state index contributed by atoms with van der Waals surface area (Å²) in [6.45, 7) is 13.1. The molecule has 13 nitrogen and oxygen atoms in total. The molecule has 15 atom stereocenters. The molecule has 1 amide bonds. The summed E-state index contributed by atoms with van der Waals surface area (Å²) in [7, 11) is 2.99. The molecule has 73 heavy (non-hydrogen) atoms. The van der Waals surface area contributed by atoms with Gasteiger partial charge in [-0.15, -0.1) is 0 Å². The number of rotatable bonds is 7. The number of aliphatic hydroxyl groups excluding tert-OH is 2. The quantitative estimate of drug-likeness (QED) is 0.116. The van der Waals surface area contributed by atoms with Crippen LogP contribution in [-0.4, -0.2) is 119 Å². The Labute approximate surface area is 431 Å². The maximum atomic E-state index is 14.5. The molecule has 4 N–H and O–H groups in total. The highest BCUT2D eigenvalue weighted by Gasteiger charge is 2.53. The van der Waals surface area contributed by atoms with E-state index in [1.165, 1.54) is 24.1 Å². The first-order chi connectivity index (χ1) is 34.5. The number of amides is 1. The molecule has 408 valence electrons. The zero-order chi connectivity index (χ0) is 53.8. The minimum absolute atomic E-state index is 0.0400. The van der Waals surface area contributed by atoms with Gasteiger partial charge in [-0.3, -0.25) is 14.4 Å². The number of carbonyl (C=O) groups is 4. The standard InChI is InChI=1S/C57H83F3N2O11/c1-34-16-11-10-12-17-36(3)45(61-43-19-15-18-42(32-43)57(58,59)60)33-44-24-22-40(7)56(69,73-44)53(66)54(67)62-27-14-13-20-46(62)55(68)72-48(37(4)30-41-23-25-47(63)49(31-41)70-8)26-21-35(2)29-39(6)51(65)52(71-9)50(64)38(5)28-34/h10-12,15-19,29,32,34-35,37-38,40-41,44-49,51-52,61,63,65,69H,13-14,20-28,30-31,33H2,1-9H3/b12-10+,16-11+,36-17+,39-29+/t34-,35+,37-,38?,40?,41?,44+,45?,46?,47-,48+,49?,51?,52+,56?/m1/s1. The number of cyclic esters (lactones) is 1. The van der Waals surface area contributed by atoms with Crippen LogP contribution in [0.4, 0.5) is 18.9 Å². The maximum Gasteiger partial charge on any atom is 0.416 e. The number of halogens is 3. The maximum absolute atomic E-state index is 14.5. The van der Waals surface area contributed by atoms with Crippen molar-refractivity contribution < 1.29 is 66.6 Å². The second-order valence-electron chi connectivity index (χ2n) is 21.7. The van der Waals surface area contributed by atoms with E-state index in [0.29, 0.717) is 75.4 Å². The van der Waals surface area contributed by atoms with Crippen LogP contribution >= 0.6 is 0 Å². The molecule has 3 heterocycles. The molecule has 3 aliphatic heterocycles. The van der Waals surface area contributed by atoms with E-state index < -0.39 is 89.6 Å². The molecule has 1 aromatic carbocycles. The van der Waals surface area contributed by atoms with Crippen LogP contribution in [0.5, 0.6) is 0 Å². The summed E-state index contributed by atoms with van der Waals surface area (Å²) in [4.78, 5) is 58.4. The number of Topliss-reactive ketones (excluding diaryl/α,β-unsaturated/α-hetero) is 2. The van der Waals surface area contributed by atoms with Crippen molar-refractivity contribution in [2.75, 3.05) is 26.1 Å². The van der Waals surface area contributed by atoms with Crippen molar-refractivity contribution in [2.24, 2.45) is 35.5 Å². The Balaban J connectivity index is 1.50. The van der Waals surface area contributed by atoms with Crippen LogP contribution in [0.2, 0.25) is 0 Å². The molecule has 2 bridgehead atoms. The Morgan fingerprint density at radius 1 is 0.863 bits per heavy atom. The number of nitrogens with zero attached hydrogens (tertiary/aromatic N) is 1. The molecule has 1 aliphatic carbocycles. The second kappa shape index (κ2) is 27.0. The first-order valence-electron chi connectivity index (χ1n) is 26.5. The summed E-state index contributed by atoms with van der Waals surface area (Å²) < 4.78 is 65.4. The fourth-order valence-electron chi connectivity index (χ4n) is 11.2. The number of fused-ring (bicyclic) bond motifs is 3. The summed E-state index contributed by atoms with van der Waals surface area (Å²) in [5.41, 5.74) is 0.623. The van der Waals surface area contributed by atoms with Gasteiger partial charge in [0, 0.05) is 44.3 Å². The van der Waals surface area contributed by atoms with Crippen LogP contribution < -0.4 is 5.32 Å². The number of esters is 1. The topological polar surface area (TPSA) is 181 Å². The highest BCUT2D eigenvalue weighted by Crippen LogP contribution is 2.39. The molecule has 0 aromatic heterocycles. The van der Waals surface area contributed by atoms with Crippen molar-refractivity contribution in [3.8, 4) is 0 Å². The molecular weight excluding hydrogens is 946 g/mol. The third kappa shape index (κ3) is 16.2. The number of hydrogen-bond acceptors (Lipinski definition) is 12. The molecule has 1 saturated carbocycles. The summed E-state index contributed by atoms with van der Waals surface area (Å²) in [6, 6.07) is 3.06. The molecule has 2 saturated heterocycles. The van der Waals surface area contributed by atoms with Gasteiger partial charge >= 0.3 is 12.1 Å². The van der Waals surface area contributed by atoms with Crippen LogP contribution in [0.15, 0.2) is 71.9 Å². The van der Waals surface area contributed by atoms with Crippen LogP contribution in [0.1, 0.15) is 138 Å². The van der Waals surface area contributed by atoms with E-state index in [1.54, 1.807) is 46.1 Å². The SMILES string of the molecule is COC1CC(C[C@@H](C)[C@@H]2CC[C@H](C)/C=C(\C)C(O)[C@@H](OC)C(=O)C(C)C[C@H](C)/C=C/C=C/C=C(\C)C(Nc3cccc(C(F)(F)F)c3)C[C@@H]3CCC(C)C(O)(O3)C(=O)C(=O)N3CCCCC3C(=O)O2)CC[C@H]1O. The van der Waals surface area contributed by atoms with Crippen molar-refractivity contribution in [1.82, 2.24) is 4.90 Å². The highest BCUT2D eigenvalue weighted by molar-refractivity contribution is 6.39. The average Bonchev–Trinajstić information content (AvgIpc) is 3.35. The third-order valence-corrected chi connectivity index (χ3v) is 15.8. The van der Waals surface area contributed by atoms with Gasteiger partial charge in [0.05, 0.1) is 23.9 Å². The van der Waals surface area contributed by atoms with Gasteiger partial charge in [-0.05, 0) is 145 Å². The lowest BCUT2D eigenvalue weighted by Gasteiger charge is -2.43. The van der Waals surface area contributed by atoms with E-state index in [0.717, 1.165) is 18.6 Å². The van der Waals surface area contributed by atoms with E-state index in [9.17, 15) is 47.7 Å². The number of alkyl halides is 3. The van der Waals surface area contributed by atoms with E-state index >= 15 is 0 Å². The van der Waals surface area contributed by atoms with Crippen LogP contribution in [0.25, 0.3) is 0 Å². The van der Waals surface area contributed by atoms with Gasteiger partial charge in [-0.2, -0.15) is 13.2 Å². The number of ether oxygens (including phenoxy) is 4. The third-order valence-electron chi connectivity index (χ3n) is 15.8. The van der Waals surface area contributed by atoms with Gasteiger partial charge in [0.15, 0.2) is 5.78 Å². The number of nitrogens with one attached hydrogen (secondary N) is 1. The lowest BCUT2D eigenvalue weighted by molar-refractivity contribution is -0.263. The predicted molar refractivity (Wildman–Crippen MR) is 273 cm³/mol. The number of aliphatic hydroxyl groups is 3. The van der Waals surface area contributed by atoms with Crippen LogP contribution in [0, 0.1) is 35.5 Å². The molecule has 4 aliphatic rings. The number of methoxy groups -OCH3 is 2. The highest BCUT2D eigenvalue weighted by atomic mass is 19.4. The van der Waals surface area contributed by atoms with Crippen LogP contribution in [-0.2, 0) is 44.3 Å². The van der Waals surface area contributed by atoms with Gasteiger partial charge in [-0.1, -0.05) is 82.7 Å². The average molecular weight is 1030 g/mol. The zero-order valence-corrected chi connectivity index (χ0v) is 44.4. The van der Waals surface area contributed by atoms with Crippen LogP contribution in [0.3, 0.4) is 0 Å². The van der Waals surface area contributed by atoms with Crippen molar-refractivity contribution in [2.45, 2.75) is 193 Å². The summed E-state index contributed by atoms with van der Waals surface area (Å²) in [5, 5.41) is 37.4. The normalized spacial score (nSPS) is 37.4. The molecule has 16 heteroatoms. The van der Waals surface area contributed by atoms with Gasteiger partial charge in [-0.25, -0.2) is 4.79 Å². The number of allylic oxidation sites excluding steroid dienone is 6. The number of anilines is 1. The van der Waals surface area contributed by atoms with Crippen molar-refractivity contribution >= 4 is 29.1 Å². The summed E-state index contributed by atoms with van der Waals surface area (Å²) in [6.07, 6.45) is 8.12. The predicted octanol–water partition coefficient (Wildman–Crippen LogP) is 9.49. The number of hydrogen-bond donors (Lipinski definition) is 4. The number of benzene rings is 1. The van der Waals surface area contributed by atoms with Crippen molar-refractivity contribution in [3.63, 3.8) is 0 Å². The van der Waals surface area contributed by atoms with Crippen molar-refractivity contribution in [1.29, 1.82) is 0 Å².